The Kier molecular flexibility index (Phi) is 3.88. The Balaban J connectivity index is 2.13. The van der Waals surface area contributed by atoms with Gasteiger partial charge in [0.2, 0.25) is 0 Å². The van der Waals surface area contributed by atoms with Gasteiger partial charge in [0.25, 0.3) is 0 Å². The van der Waals surface area contributed by atoms with Crippen LogP contribution in [-0.2, 0) is 6.42 Å². The van der Waals surface area contributed by atoms with Crippen LogP contribution in [0.25, 0.3) is 0 Å². The van der Waals surface area contributed by atoms with Gasteiger partial charge in [-0.15, -0.1) is 0 Å². The van der Waals surface area contributed by atoms with Crippen LogP contribution in [-0.4, -0.2) is 5.78 Å². The van der Waals surface area contributed by atoms with E-state index < -0.39 is 5.82 Å². The Hall–Kier alpha value is -1.96. The van der Waals surface area contributed by atoms with Gasteiger partial charge in [0.15, 0.2) is 5.78 Å². The molecule has 0 heterocycles. The fourth-order valence-electron chi connectivity index (χ4n) is 1.99. The Labute approximate surface area is 106 Å². The molecule has 1 atom stereocenters. The smallest absolute Gasteiger partial charge is 0.168 e. The summed E-state index contributed by atoms with van der Waals surface area (Å²) >= 11 is 0. The fraction of sp³-hybridized carbons (Fsp3) is 0.188. The van der Waals surface area contributed by atoms with Crippen molar-refractivity contribution in [1.29, 1.82) is 0 Å². The molecule has 0 saturated carbocycles. The maximum atomic E-state index is 13.5. The standard InChI is InChI=1S/C16H15FO/c1-12(11-13-7-3-2-4-8-13)16(18)14-9-5-6-10-15(14)17/h2-10,12H,11H2,1H3/t12-/m1/s1. The van der Waals surface area contributed by atoms with Crippen LogP contribution < -0.4 is 0 Å². The highest BCUT2D eigenvalue weighted by Gasteiger charge is 2.18. The molecule has 1 nitrogen and oxygen atoms in total. The maximum absolute atomic E-state index is 13.5. The van der Waals surface area contributed by atoms with Crippen LogP contribution in [0.15, 0.2) is 54.6 Å². The number of halogens is 1. The van der Waals surface area contributed by atoms with Gasteiger partial charge in [-0.05, 0) is 24.1 Å². The monoisotopic (exact) mass is 242 g/mol. The van der Waals surface area contributed by atoms with Gasteiger partial charge in [0, 0.05) is 5.92 Å². The minimum absolute atomic E-state index is 0.142. The molecule has 0 unspecified atom stereocenters. The zero-order valence-corrected chi connectivity index (χ0v) is 10.3. The van der Waals surface area contributed by atoms with Crippen molar-refractivity contribution >= 4 is 5.78 Å². The summed E-state index contributed by atoms with van der Waals surface area (Å²) in [6.07, 6.45) is 0.633. The third-order valence-corrected chi connectivity index (χ3v) is 2.97. The molecule has 0 aromatic heterocycles. The second kappa shape index (κ2) is 5.58. The first-order valence-corrected chi connectivity index (χ1v) is 6.01. The number of carbonyl (C=O) groups excluding carboxylic acids is 1. The van der Waals surface area contributed by atoms with Crippen LogP contribution in [0, 0.1) is 11.7 Å². The van der Waals surface area contributed by atoms with Crippen molar-refractivity contribution in [2.24, 2.45) is 5.92 Å². The third-order valence-electron chi connectivity index (χ3n) is 2.97. The van der Waals surface area contributed by atoms with E-state index in [0.29, 0.717) is 6.42 Å². The molecule has 2 aromatic rings. The van der Waals surface area contributed by atoms with Crippen molar-refractivity contribution in [1.82, 2.24) is 0 Å². The molecule has 0 spiro atoms. The molecule has 0 radical (unpaired) electrons. The summed E-state index contributed by atoms with van der Waals surface area (Å²) in [6.45, 7) is 1.84. The first-order valence-electron chi connectivity index (χ1n) is 6.01. The van der Waals surface area contributed by atoms with Crippen molar-refractivity contribution in [3.63, 3.8) is 0 Å². The van der Waals surface area contributed by atoms with Crippen LogP contribution in [0.4, 0.5) is 4.39 Å². The molecule has 0 N–H and O–H groups in total. The lowest BCUT2D eigenvalue weighted by Crippen LogP contribution is -2.15. The topological polar surface area (TPSA) is 17.1 Å². The molecule has 0 bridgehead atoms. The van der Waals surface area contributed by atoms with Crippen LogP contribution in [0.1, 0.15) is 22.8 Å². The highest BCUT2D eigenvalue weighted by molar-refractivity contribution is 5.98. The molecule has 0 saturated heterocycles. The van der Waals surface area contributed by atoms with Crippen molar-refractivity contribution in [3.8, 4) is 0 Å². The van der Waals surface area contributed by atoms with E-state index in [1.807, 2.05) is 37.3 Å². The summed E-state index contributed by atoms with van der Waals surface area (Å²) in [5.41, 5.74) is 1.27. The number of rotatable bonds is 4. The van der Waals surface area contributed by atoms with E-state index in [1.54, 1.807) is 18.2 Å². The number of ketones is 1. The number of carbonyl (C=O) groups is 1. The van der Waals surface area contributed by atoms with Crippen molar-refractivity contribution in [2.75, 3.05) is 0 Å². The molecule has 0 aliphatic rings. The van der Waals surface area contributed by atoms with Gasteiger partial charge in [-0.25, -0.2) is 4.39 Å². The van der Waals surface area contributed by atoms with Crippen LogP contribution in [0.2, 0.25) is 0 Å². The second-order valence-corrected chi connectivity index (χ2v) is 4.43. The molecular formula is C16H15FO. The summed E-state index contributed by atoms with van der Waals surface area (Å²) < 4.78 is 13.5. The predicted octanol–water partition coefficient (Wildman–Crippen LogP) is 3.89. The van der Waals surface area contributed by atoms with E-state index in [-0.39, 0.29) is 17.3 Å². The Morgan fingerprint density at radius 2 is 1.67 bits per heavy atom. The molecule has 0 fully saturated rings. The molecule has 0 aliphatic heterocycles. The highest BCUT2D eigenvalue weighted by Crippen LogP contribution is 2.16. The fourth-order valence-corrected chi connectivity index (χ4v) is 1.99. The average molecular weight is 242 g/mol. The van der Waals surface area contributed by atoms with Crippen LogP contribution in [0.5, 0.6) is 0 Å². The van der Waals surface area contributed by atoms with Crippen LogP contribution >= 0.6 is 0 Å². The van der Waals surface area contributed by atoms with E-state index in [0.717, 1.165) is 5.56 Å². The number of Topliss-reactive ketones (excluding diaryl/α,β-unsaturated/α-hetero) is 1. The lowest BCUT2D eigenvalue weighted by atomic mass is 9.93. The molecule has 18 heavy (non-hydrogen) atoms. The van der Waals surface area contributed by atoms with Gasteiger partial charge < -0.3 is 0 Å². The van der Waals surface area contributed by atoms with Gasteiger partial charge in [-0.2, -0.15) is 0 Å². The SMILES string of the molecule is C[C@H](Cc1ccccc1)C(=O)c1ccccc1F. The first kappa shape index (κ1) is 12.5. The highest BCUT2D eigenvalue weighted by atomic mass is 19.1. The average Bonchev–Trinajstić information content (AvgIpc) is 2.39. The zero-order chi connectivity index (χ0) is 13.0. The summed E-state index contributed by atoms with van der Waals surface area (Å²) in [6, 6.07) is 15.9. The van der Waals surface area contributed by atoms with Crippen molar-refractivity contribution in [2.45, 2.75) is 13.3 Å². The normalized spacial score (nSPS) is 12.1. The lowest BCUT2D eigenvalue weighted by molar-refractivity contribution is 0.0925. The van der Waals surface area contributed by atoms with Gasteiger partial charge >= 0.3 is 0 Å². The first-order chi connectivity index (χ1) is 8.68. The van der Waals surface area contributed by atoms with E-state index in [1.165, 1.54) is 6.07 Å². The summed E-state index contributed by atoms with van der Waals surface area (Å²) in [5, 5.41) is 0. The molecule has 2 rings (SSSR count). The number of hydrogen-bond donors (Lipinski definition) is 0. The minimum Gasteiger partial charge on any atom is -0.294 e. The molecule has 0 amide bonds. The quantitative estimate of drug-likeness (QED) is 0.743. The van der Waals surface area contributed by atoms with Crippen molar-refractivity contribution < 1.29 is 9.18 Å². The maximum Gasteiger partial charge on any atom is 0.168 e. The van der Waals surface area contributed by atoms with Crippen LogP contribution in [0.3, 0.4) is 0 Å². The number of benzene rings is 2. The summed E-state index contributed by atoms with van der Waals surface area (Å²) in [5.74, 6) is -0.802. The molecule has 92 valence electrons. The van der Waals surface area contributed by atoms with Gasteiger partial charge in [0.05, 0.1) is 5.56 Å². The Bertz CT molecular complexity index is 534. The largest absolute Gasteiger partial charge is 0.294 e. The molecular weight excluding hydrogens is 227 g/mol. The molecule has 0 aliphatic carbocycles. The summed E-state index contributed by atoms with van der Waals surface area (Å²) in [4.78, 5) is 12.1. The third kappa shape index (κ3) is 2.83. The van der Waals surface area contributed by atoms with E-state index in [4.69, 9.17) is 0 Å². The van der Waals surface area contributed by atoms with E-state index in [9.17, 15) is 9.18 Å². The number of hydrogen-bond acceptors (Lipinski definition) is 1. The zero-order valence-electron chi connectivity index (χ0n) is 10.3. The Morgan fingerprint density at radius 1 is 1.06 bits per heavy atom. The van der Waals surface area contributed by atoms with Crippen molar-refractivity contribution in [3.05, 3.63) is 71.5 Å². The van der Waals surface area contributed by atoms with Gasteiger partial charge in [0.1, 0.15) is 5.82 Å². The van der Waals surface area contributed by atoms with E-state index >= 15 is 0 Å². The molecule has 2 heteroatoms. The predicted molar refractivity (Wildman–Crippen MR) is 70.0 cm³/mol. The van der Waals surface area contributed by atoms with Gasteiger partial charge in [-0.1, -0.05) is 49.4 Å². The Morgan fingerprint density at radius 3 is 2.33 bits per heavy atom. The minimum atomic E-state index is -0.442. The second-order valence-electron chi connectivity index (χ2n) is 4.43. The molecule has 2 aromatic carbocycles. The lowest BCUT2D eigenvalue weighted by Gasteiger charge is -2.11. The summed E-state index contributed by atoms with van der Waals surface area (Å²) in [7, 11) is 0. The van der Waals surface area contributed by atoms with Gasteiger partial charge in [-0.3, -0.25) is 4.79 Å². The van der Waals surface area contributed by atoms with E-state index in [2.05, 4.69) is 0 Å².